The molecule has 0 bridgehead atoms. The average Bonchev–Trinajstić information content (AvgIpc) is 3.47. The summed E-state index contributed by atoms with van der Waals surface area (Å²) in [5.74, 6) is -0.222. The summed E-state index contributed by atoms with van der Waals surface area (Å²) in [5.41, 5.74) is 1.85. The standard InChI is InChI=1S/C22H28ClN3O2/c1-3-13-25(22(28)21(23)17-8-5-4-6-9-17)16-20(27)26(18-11-12-18)15-19-10-7-14-24(19)2/h4-10,14,18,21H,3,11-13,15-16H2,1-2H3. The predicted molar refractivity (Wildman–Crippen MR) is 111 cm³/mol. The molecule has 1 unspecified atom stereocenters. The van der Waals surface area contributed by atoms with Gasteiger partial charge in [-0.05, 0) is 37.0 Å². The van der Waals surface area contributed by atoms with Crippen LogP contribution in [0.2, 0.25) is 0 Å². The smallest absolute Gasteiger partial charge is 0.245 e. The van der Waals surface area contributed by atoms with Crippen molar-refractivity contribution in [3.05, 3.63) is 59.9 Å². The van der Waals surface area contributed by atoms with E-state index in [0.29, 0.717) is 13.1 Å². The minimum Gasteiger partial charge on any atom is -0.353 e. The summed E-state index contributed by atoms with van der Waals surface area (Å²) in [6, 6.07) is 13.6. The molecule has 6 heteroatoms. The van der Waals surface area contributed by atoms with Gasteiger partial charge in [0, 0.05) is 31.5 Å². The van der Waals surface area contributed by atoms with Gasteiger partial charge in [-0.1, -0.05) is 37.3 Å². The summed E-state index contributed by atoms with van der Waals surface area (Å²) < 4.78 is 2.03. The monoisotopic (exact) mass is 401 g/mol. The molecule has 1 aromatic carbocycles. The molecule has 1 saturated carbocycles. The van der Waals surface area contributed by atoms with Crippen molar-refractivity contribution in [3.63, 3.8) is 0 Å². The third-order valence-corrected chi connectivity index (χ3v) is 5.57. The first kappa shape index (κ1) is 20.5. The maximum absolute atomic E-state index is 13.1. The van der Waals surface area contributed by atoms with Gasteiger partial charge in [-0.15, -0.1) is 11.6 Å². The highest BCUT2D eigenvalue weighted by molar-refractivity contribution is 6.30. The van der Waals surface area contributed by atoms with Gasteiger partial charge >= 0.3 is 0 Å². The number of carbonyl (C=O) groups excluding carboxylic acids is 2. The summed E-state index contributed by atoms with van der Waals surface area (Å²) >= 11 is 6.44. The highest BCUT2D eigenvalue weighted by atomic mass is 35.5. The molecule has 0 saturated heterocycles. The Balaban J connectivity index is 1.70. The van der Waals surface area contributed by atoms with Crippen LogP contribution in [0.25, 0.3) is 0 Å². The molecule has 0 radical (unpaired) electrons. The van der Waals surface area contributed by atoms with E-state index in [1.807, 2.05) is 72.1 Å². The molecule has 1 aliphatic carbocycles. The van der Waals surface area contributed by atoms with Crippen LogP contribution >= 0.6 is 11.6 Å². The highest BCUT2D eigenvalue weighted by Crippen LogP contribution is 2.29. The van der Waals surface area contributed by atoms with E-state index in [2.05, 4.69) is 0 Å². The van der Waals surface area contributed by atoms with Crippen molar-refractivity contribution in [2.45, 2.75) is 44.1 Å². The zero-order valence-electron chi connectivity index (χ0n) is 16.6. The molecule has 0 aliphatic heterocycles. The zero-order valence-corrected chi connectivity index (χ0v) is 17.3. The fraction of sp³-hybridized carbons (Fsp3) is 0.455. The number of amides is 2. The third-order valence-electron chi connectivity index (χ3n) is 5.13. The van der Waals surface area contributed by atoms with Gasteiger partial charge in [-0.25, -0.2) is 0 Å². The number of nitrogens with zero attached hydrogens (tertiary/aromatic N) is 3. The minimum atomic E-state index is -0.775. The second kappa shape index (κ2) is 9.28. The van der Waals surface area contributed by atoms with Gasteiger partial charge < -0.3 is 14.4 Å². The van der Waals surface area contributed by atoms with Crippen LogP contribution in [0.3, 0.4) is 0 Å². The van der Waals surface area contributed by atoms with E-state index in [-0.39, 0.29) is 24.4 Å². The van der Waals surface area contributed by atoms with Crippen molar-refractivity contribution in [1.82, 2.24) is 14.4 Å². The van der Waals surface area contributed by atoms with Crippen molar-refractivity contribution in [2.75, 3.05) is 13.1 Å². The predicted octanol–water partition coefficient (Wildman–Crippen LogP) is 3.73. The number of alkyl halides is 1. The number of aryl methyl sites for hydroxylation is 1. The van der Waals surface area contributed by atoms with Crippen LogP contribution in [-0.2, 0) is 23.2 Å². The van der Waals surface area contributed by atoms with Crippen molar-refractivity contribution in [3.8, 4) is 0 Å². The van der Waals surface area contributed by atoms with Crippen LogP contribution in [-0.4, -0.2) is 45.3 Å². The van der Waals surface area contributed by atoms with E-state index in [0.717, 1.165) is 30.5 Å². The third kappa shape index (κ3) is 4.96. The number of rotatable bonds is 9. The van der Waals surface area contributed by atoms with E-state index < -0.39 is 5.38 Å². The average molecular weight is 402 g/mol. The van der Waals surface area contributed by atoms with Crippen molar-refractivity contribution in [2.24, 2.45) is 7.05 Å². The fourth-order valence-electron chi connectivity index (χ4n) is 3.36. The van der Waals surface area contributed by atoms with Gasteiger partial charge in [-0.2, -0.15) is 0 Å². The molecule has 0 spiro atoms. The lowest BCUT2D eigenvalue weighted by atomic mass is 10.1. The lowest BCUT2D eigenvalue weighted by Crippen LogP contribution is -2.45. The SMILES string of the molecule is CCCN(CC(=O)N(Cc1cccn1C)C1CC1)C(=O)C(Cl)c1ccccc1. The number of aromatic nitrogens is 1. The number of hydrogen-bond acceptors (Lipinski definition) is 2. The van der Waals surface area contributed by atoms with Gasteiger partial charge in [0.2, 0.25) is 11.8 Å². The Kier molecular flexibility index (Phi) is 6.79. The van der Waals surface area contributed by atoms with Crippen molar-refractivity contribution >= 4 is 23.4 Å². The Morgan fingerprint density at radius 2 is 1.89 bits per heavy atom. The van der Waals surface area contributed by atoms with Gasteiger partial charge in [0.1, 0.15) is 5.38 Å². The summed E-state index contributed by atoms with van der Waals surface area (Å²) in [6.07, 6.45) is 4.81. The Morgan fingerprint density at radius 3 is 2.46 bits per heavy atom. The van der Waals surface area contributed by atoms with Crippen molar-refractivity contribution < 1.29 is 9.59 Å². The van der Waals surface area contributed by atoms with E-state index in [9.17, 15) is 9.59 Å². The van der Waals surface area contributed by atoms with Crippen LogP contribution in [0, 0.1) is 0 Å². The van der Waals surface area contributed by atoms with Crippen LogP contribution in [0.5, 0.6) is 0 Å². The van der Waals surface area contributed by atoms with E-state index in [1.165, 1.54) is 0 Å². The first-order valence-electron chi connectivity index (χ1n) is 9.88. The van der Waals surface area contributed by atoms with Gasteiger partial charge in [-0.3, -0.25) is 9.59 Å². The molecule has 5 nitrogen and oxygen atoms in total. The molecule has 1 atom stereocenters. The van der Waals surface area contributed by atoms with E-state index >= 15 is 0 Å². The zero-order chi connectivity index (χ0) is 20.1. The largest absolute Gasteiger partial charge is 0.353 e. The summed E-state index contributed by atoms with van der Waals surface area (Å²) in [4.78, 5) is 29.6. The summed E-state index contributed by atoms with van der Waals surface area (Å²) in [6.45, 7) is 3.16. The van der Waals surface area contributed by atoms with Gasteiger partial charge in [0.15, 0.2) is 0 Å². The van der Waals surface area contributed by atoms with E-state index in [1.54, 1.807) is 4.90 Å². The molecule has 1 heterocycles. The molecule has 1 fully saturated rings. The van der Waals surface area contributed by atoms with Crippen LogP contribution in [0.15, 0.2) is 48.7 Å². The Bertz CT molecular complexity index is 801. The Hall–Kier alpha value is -2.27. The fourth-order valence-corrected chi connectivity index (χ4v) is 3.64. The topological polar surface area (TPSA) is 45.6 Å². The minimum absolute atomic E-state index is 0.0116. The molecule has 2 amide bonds. The molecule has 1 aromatic heterocycles. The quantitative estimate of drug-likeness (QED) is 0.601. The van der Waals surface area contributed by atoms with Crippen LogP contribution < -0.4 is 0 Å². The second-order valence-electron chi connectivity index (χ2n) is 7.40. The first-order valence-corrected chi connectivity index (χ1v) is 10.3. The summed E-state index contributed by atoms with van der Waals surface area (Å²) in [5, 5.41) is -0.775. The number of benzene rings is 1. The maximum Gasteiger partial charge on any atom is 0.245 e. The van der Waals surface area contributed by atoms with Gasteiger partial charge in [0.25, 0.3) is 0 Å². The molecule has 3 rings (SSSR count). The number of halogens is 1. The maximum atomic E-state index is 13.1. The molecular formula is C22H28ClN3O2. The van der Waals surface area contributed by atoms with Crippen LogP contribution in [0.4, 0.5) is 0 Å². The number of hydrogen-bond donors (Lipinski definition) is 0. The molecule has 28 heavy (non-hydrogen) atoms. The van der Waals surface area contributed by atoms with E-state index in [4.69, 9.17) is 11.6 Å². The molecule has 150 valence electrons. The van der Waals surface area contributed by atoms with Crippen molar-refractivity contribution in [1.29, 1.82) is 0 Å². The summed E-state index contributed by atoms with van der Waals surface area (Å²) in [7, 11) is 1.98. The molecule has 1 aliphatic rings. The molecule has 2 aromatic rings. The lowest BCUT2D eigenvalue weighted by Gasteiger charge is -2.29. The van der Waals surface area contributed by atoms with Crippen LogP contribution in [0.1, 0.15) is 42.8 Å². The molecular weight excluding hydrogens is 374 g/mol. The lowest BCUT2D eigenvalue weighted by molar-refractivity contribution is -0.141. The highest BCUT2D eigenvalue weighted by Gasteiger charge is 2.34. The van der Waals surface area contributed by atoms with Gasteiger partial charge in [0.05, 0.1) is 13.1 Å². The normalized spacial score (nSPS) is 14.5. The molecule has 0 N–H and O–H groups in total. The Labute approximate surface area is 171 Å². The Morgan fingerprint density at radius 1 is 1.18 bits per heavy atom. The first-order chi connectivity index (χ1) is 13.5. The number of carbonyl (C=O) groups is 2. The second-order valence-corrected chi connectivity index (χ2v) is 7.83.